The van der Waals surface area contributed by atoms with E-state index < -0.39 is 5.82 Å². The third-order valence-corrected chi connectivity index (χ3v) is 4.32. The predicted octanol–water partition coefficient (Wildman–Crippen LogP) is 4.23. The van der Waals surface area contributed by atoms with E-state index in [0.717, 1.165) is 24.5 Å². The maximum atomic E-state index is 13.3. The summed E-state index contributed by atoms with van der Waals surface area (Å²) in [7, 11) is 0. The molecule has 0 saturated heterocycles. The van der Waals surface area contributed by atoms with Crippen molar-refractivity contribution in [2.45, 2.75) is 13.8 Å². The molecule has 1 aromatic heterocycles. The normalized spacial score (nSPS) is 10.8. The molecule has 3 rings (SSSR count). The molecule has 0 unspecified atom stereocenters. The molecule has 136 valence electrons. The van der Waals surface area contributed by atoms with Gasteiger partial charge in [0.1, 0.15) is 5.82 Å². The van der Waals surface area contributed by atoms with E-state index >= 15 is 0 Å². The first-order valence-electron chi connectivity index (χ1n) is 8.31. The van der Waals surface area contributed by atoms with Gasteiger partial charge in [-0.1, -0.05) is 11.6 Å². The summed E-state index contributed by atoms with van der Waals surface area (Å²) in [6, 6.07) is 12.2. The summed E-state index contributed by atoms with van der Waals surface area (Å²) in [5.41, 5.74) is 8.45. The summed E-state index contributed by atoms with van der Waals surface area (Å²) in [4.78, 5) is 6.45. The zero-order chi connectivity index (χ0) is 18.7. The van der Waals surface area contributed by atoms with Crippen LogP contribution in [0, 0.1) is 5.82 Å². The Bertz CT molecular complexity index is 889. The molecule has 3 aromatic rings. The van der Waals surface area contributed by atoms with Crippen LogP contribution < -0.4 is 16.0 Å². The Morgan fingerprint density at radius 3 is 2.46 bits per heavy atom. The van der Waals surface area contributed by atoms with Crippen LogP contribution in [0.1, 0.15) is 13.8 Å². The van der Waals surface area contributed by atoms with E-state index in [0.29, 0.717) is 11.6 Å². The number of nitrogens with one attached hydrogen (secondary N) is 1. The number of anilines is 4. The smallest absolute Gasteiger partial charge is 0.248 e. The molecule has 0 spiro atoms. The van der Waals surface area contributed by atoms with Gasteiger partial charge in [0.25, 0.3) is 0 Å². The largest absolute Gasteiger partial charge is 0.372 e. The molecule has 26 heavy (non-hydrogen) atoms. The summed E-state index contributed by atoms with van der Waals surface area (Å²) in [6.07, 6.45) is 0. The Labute approximate surface area is 156 Å². The van der Waals surface area contributed by atoms with Crippen LogP contribution in [0.3, 0.4) is 0 Å². The topological polar surface area (TPSA) is 72.0 Å². The molecule has 0 radical (unpaired) electrons. The molecule has 0 bridgehead atoms. The van der Waals surface area contributed by atoms with E-state index in [1.165, 1.54) is 22.9 Å². The monoisotopic (exact) mass is 374 g/mol. The maximum Gasteiger partial charge on any atom is 0.248 e. The van der Waals surface area contributed by atoms with Gasteiger partial charge in [0.2, 0.25) is 11.9 Å². The minimum atomic E-state index is -0.499. The van der Waals surface area contributed by atoms with Gasteiger partial charge in [-0.05, 0) is 56.3 Å². The molecule has 0 aliphatic heterocycles. The van der Waals surface area contributed by atoms with Gasteiger partial charge in [-0.25, -0.2) is 4.39 Å². The summed E-state index contributed by atoms with van der Waals surface area (Å²) in [6.45, 7) is 6.14. The average molecular weight is 375 g/mol. The molecule has 6 nitrogen and oxygen atoms in total. The molecule has 0 saturated carbocycles. The molecular formula is C18H20ClFN6. The number of nitrogens with zero attached hydrogens (tertiary/aromatic N) is 4. The first kappa shape index (κ1) is 18.0. The van der Waals surface area contributed by atoms with E-state index in [2.05, 4.69) is 34.1 Å². The van der Waals surface area contributed by atoms with Crippen molar-refractivity contribution in [1.29, 1.82) is 0 Å². The average Bonchev–Trinajstić information content (AvgIpc) is 3.00. The van der Waals surface area contributed by atoms with Gasteiger partial charge in [-0.3, -0.25) is 0 Å². The molecule has 2 aromatic carbocycles. The second-order valence-corrected chi connectivity index (χ2v) is 6.06. The van der Waals surface area contributed by atoms with Gasteiger partial charge in [0, 0.05) is 24.5 Å². The molecule has 1 heterocycles. The van der Waals surface area contributed by atoms with Crippen molar-refractivity contribution in [1.82, 2.24) is 14.8 Å². The fourth-order valence-electron chi connectivity index (χ4n) is 2.66. The van der Waals surface area contributed by atoms with E-state index in [-0.39, 0.29) is 11.0 Å². The van der Waals surface area contributed by atoms with Gasteiger partial charge in [0.05, 0.1) is 10.7 Å². The van der Waals surface area contributed by atoms with Crippen molar-refractivity contribution in [2.24, 2.45) is 0 Å². The van der Waals surface area contributed by atoms with Crippen LogP contribution in [-0.4, -0.2) is 27.9 Å². The quantitative estimate of drug-likeness (QED) is 0.675. The molecule has 0 atom stereocenters. The van der Waals surface area contributed by atoms with Crippen LogP contribution >= 0.6 is 11.6 Å². The standard InChI is InChI=1S/C18H20ClFN6/c1-3-25(4-2)13-7-5-12(6-8-13)22-18-23-17(21)26(24-18)14-9-10-16(20)15(19)11-14/h5-11H,3-4H2,1-2H3,(H3,21,22,23,24). The van der Waals surface area contributed by atoms with Crippen molar-refractivity contribution in [3.8, 4) is 5.69 Å². The Kier molecular flexibility index (Phi) is 5.27. The number of halogens is 2. The lowest BCUT2D eigenvalue weighted by Gasteiger charge is -2.21. The van der Waals surface area contributed by atoms with Gasteiger partial charge in [-0.15, -0.1) is 5.10 Å². The van der Waals surface area contributed by atoms with Crippen LogP contribution in [0.4, 0.5) is 27.7 Å². The molecule has 0 aliphatic carbocycles. The van der Waals surface area contributed by atoms with Crippen molar-refractivity contribution < 1.29 is 4.39 Å². The summed E-state index contributed by atoms with van der Waals surface area (Å²) < 4.78 is 14.7. The van der Waals surface area contributed by atoms with Crippen molar-refractivity contribution in [3.05, 3.63) is 53.3 Å². The summed E-state index contributed by atoms with van der Waals surface area (Å²) in [5, 5.41) is 7.43. The Morgan fingerprint density at radius 2 is 1.85 bits per heavy atom. The molecule has 0 aliphatic rings. The number of hydrogen-bond acceptors (Lipinski definition) is 5. The summed E-state index contributed by atoms with van der Waals surface area (Å²) >= 11 is 5.82. The zero-order valence-corrected chi connectivity index (χ0v) is 15.3. The first-order chi connectivity index (χ1) is 12.5. The highest BCUT2D eigenvalue weighted by Crippen LogP contribution is 2.23. The van der Waals surface area contributed by atoms with Crippen molar-refractivity contribution in [2.75, 3.05) is 29.0 Å². The molecule has 3 N–H and O–H groups in total. The van der Waals surface area contributed by atoms with Gasteiger partial charge >= 0.3 is 0 Å². The molecular weight excluding hydrogens is 355 g/mol. The highest BCUT2D eigenvalue weighted by atomic mass is 35.5. The van der Waals surface area contributed by atoms with E-state index in [1.54, 1.807) is 0 Å². The van der Waals surface area contributed by atoms with E-state index in [9.17, 15) is 4.39 Å². The van der Waals surface area contributed by atoms with E-state index in [4.69, 9.17) is 17.3 Å². The third kappa shape index (κ3) is 3.72. The summed E-state index contributed by atoms with van der Waals surface area (Å²) in [5.74, 6) is 0.0224. The highest BCUT2D eigenvalue weighted by molar-refractivity contribution is 6.30. The maximum absolute atomic E-state index is 13.3. The first-order valence-corrected chi connectivity index (χ1v) is 8.69. The second-order valence-electron chi connectivity index (χ2n) is 5.65. The fourth-order valence-corrected chi connectivity index (χ4v) is 2.83. The lowest BCUT2D eigenvalue weighted by Crippen LogP contribution is -2.21. The lowest BCUT2D eigenvalue weighted by molar-refractivity contribution is 0.627. The highest BCUT2D eigenvalue weighted by Gasteiger charge is 2.11. The lowest BCUT2D eigenvalue weighted by atomic mass is 10.2. The second kappa shape index (κ2) is 7.61. The Hall–Kier alpha value is -2.80. The SMILES string of the molecule is CCN(CC)c1ccc(Nc2nc(N)n(-c3ccc(F)c(Cl)c3)n2)cc1. The van der Waals surface area contributed by atoms with Crippen LogP contribution in [0.15, 0.2) is 42.5 Å². The molecule has 0 fully saturated rings. The minimum absolute atomic E-state index is 0.00102. The minimum Gasteiger partial charge on any atom is -0.372 e. The number of nitrogen functional groups attached to an aromatic ring is 1. The van der Waals surface area contributed by atoms with E-state index in [1.807, 2.05) is 24.3 Å². The number of aromatic nitrogens is 3. The van der Waals surface area contributed by atoms with Crippen molar-refractivity contribution >= 4 is 34.9 Å². The van der Waals surface area contributed by atoms with Crippen molar-refractivity contribution in [3.63, 3.8) is 0 Å². The number of nitrogens with two attached hydrogens (primary N) is 1. The number of hydrogen-bond donors (Lipinski definition) is 2. The van der Waals surface area contributed by atoms with Gasteiger partial charge < -0.3 is 16.0 Å². The third-order valence-electron chi connectivity index (χ3n) is 4.03. The number of rotatable bonds is 6. The Balaban J connectivity index is 1.80. The molecule has 0 amide bonds. The molecule has 8 heteroatoms. The van der Waals surface area contributed by atoms with Gasteiger partial charge in [0.15, 0.2) is 0 Å². The zero-order valence-electron chi connectivity index (χ0n) is 14.6. The van der Waals surface area contributed by atoms with Gasteiger partial charge in [-0.2, -0.15) is 9.67 Å². The predicted molar refractivity (Wildman–Crippen MR) is 104 cm³/mol. The van der Waals surface area contributed by atoms with Crippen LogP contribution in [0.2, 0.25) is 5.02 Å². The fraction of sp³-hybridized carbons (Fsp3) is 0.222. The Morgan fingerprint density at radius 1 is 1.15 bits per heavy atom. The van der Waals surface area contributed by atoms with Crippen LogP contribution in [0.25, 0.3) is 5.69 Å². The van der Waals surface area contributed by atoms with Crippen LogP contribution in [-0.2, 0) is 0 Å². The number of benzene rings is 2. The van der Waals surface area contributed by atoms with Crippen LogP contribution in [0.5, 0.6) is 0 Å².